The van der Waals surface area contributed by atoms with E-state index in [1.807, 2.05) is 0 Å². The molecule has 1 N–H and O–H groups in total. The molecule has 1 aromatic rings. The summed E-state index contributed by atoms with van der Waals surface area (Å²) in [5, 5.41) is 3.44. The minimum absolute atomic E-state index is 0.550. The van der Waals surface area contributed by atoms with Crippen LogP contribution in [0.2, 0.25) is 0 Å². The van der Waals surface area contributed by atoms with Crippen LogP contribution in [0, 0.1) is 5.92 Å². The fourth-order valence-electron chi connectivity index (χ4n) is 3.04. The van der Waals surface area contributed by atoms with Gasteiger partial charge in [0, 0.05) is 31.2 Å². The Balaban J connectivity index is 1.87. The maximum atomic E-state index is 4.61. The molecule has 3 heteroatoms. The molecule has 2 aliphatic heterocycles. The molecule has 96 valence electrons. The molecule has 3 rings (SSSR count). The summed E-state index contributed by atoms with van der Waals surface area (Å²) >= 11 is 0. The Labute approximate surface area is 109 Å². The van der Waals surface area contributed by atoms with Gasteiger partial charge in [-0.2, -0.15) is 0 Å². The van der Waals surface area contributed by atoms with Crippen LogP contribution >= 0.6 is 0 Å². The molecule has 1 atom stereocenters. The second kappa shape index (κ2) is 5.01. The monoisotopic (exact) mass is 243 g/mol. The molecule has 0 spiro atoms. The lowest BCUT2D eigenvalue weighted by atomic mass is 9.91. The number of hydrogen-bond donors (Lipinski definition) is 1. The van der Waals surface area contributed by atoms with E-state index in [0.717, 1.165) is 32.6 Å². The molecule has 0 aliphatic carbocycles. The van der Waals surface area contributed by atoms with Crippen LogP contribution in [-0.2, 0) is 6.42 Å². The lowest BCUT2D eigenvalue weighted by Crippen LogP contribution is -2.42. The average Bonchev–Trinajstić information content (AvgIpc) is 2.93. The Morgan fingerprint density at radius 1 is 1.39 bits per heavy atom. The van der Waals surface area contributed by atoms with Crippen molar-refractivity contribution < 1.29 is 0 Å². The van der Waals surface area contributed by atoms with Crippen LogP contribution in [0.3, 0.4) is 0 Å². The predicted octanol–water partition coefficient (Wildman–Crippen LogP) is 2.08. The van der Waals surface area contributed by atoms with Gasteiger partial charge in [0.05, 0.1) is 6.54 Å². The van der Waals surface area contributed by atoms with Gasteiger partial charge in [0.2, 0.25) is 0 Å². The van der Waals surface area contributed by atoms with Crippen molar-refractivity contribution in [2.24, 2.45) is 10.9 Å². The number of rotatable bonds is 3. The Bertz CT molecular complexity index is 453. The lowest BCUT2D eigenvalue weighted by molar-refractivity contribution is 0.594. The third-order valence-electron chi connectivity index (χ3n) is 3.82. The molecule has 0 bridgehead atoms. The largest absolute Gasteiger partial charge is 0.372 e. The van der Waals surface area contributed by atoms with Gasteiger partial charge in [0.25, 0.3) is 0 Å². The summed E-state index contributed by atoms with van der Waals surface area (Å²) in [6.07, 6.45) is 2.32. The Kier molecular flexibility index (Phi) is 3.22. The zero-order valence-corrected chi connectivity index (χ0v) is 11.0. The predicted molar refractivity (Wildman–Crippen MR) is 76.4 cm³/mol. The summed E-state index contributed by atoms with van der Waals surface area (Å²) in [5.41, 5.74) is 2.90. The van der Waals surface area contributed by atoms with E-state index in [2.05, 4.69) is 46.4 Å². The van der Waals surface area contributed by atoms with Gasteiger partial charge in [-0.25, -0.2) is 0 Å². The molecule has 2 heterocycles. The number of aliphatic imine (C=N–C) groups is 1. The molecule has 0 saturated carbocycles. The van der Waals surface area contributed by atoms with Gasteiger partial charge in [-0.1, -0.05) is 25.1 Å². The van der Waals surface area contributed by atoms with Crippen LogP contribution in [0.4, 0.5) is 5.69 Å². The summed E-state index contributed by atoms with van der Waals surface area (Å²) in [5.74, 6) is 1.78. The Hall–Kier alpha value is -1.51. The topological polar surface area (TPSA) is 27.6 Å². The number of para-hydroxylation sites is 1. The fraction of sp³-hybridized carbons (Fsp3) is 0.533. The normalized spacial score (nSPS) is 22.4. The Morgan fingerprint density at radius 3 is 3.06 bits per heavy atom. The number of fused-ring (bicyclic) bond motifs is 1. The van der Waals surface area contributed by atoms with Crippen LogP contribution in [0.15, 0.2) is 29.3 Å². The number of hydrogen-bond acceptors (Lipinski definition) is 3. The molecule has 3 nitrogen and oxygen atoms in total. The van der Waals surface area contributed by atoms with Gasteiger partial charge in [-0.05, 0) is 24.5 Å². The quantitative estimate of drug-likeness (QED) is 0.880. The van der Waals surface area contributed by atoms with Crippen molar-refractivity contribution in [3.05, 3.63) is 29.8 Å². The van der Waals surface area contributed by atoms with Crippen molar-refractivity contribution in [3.8, 4) is 0 Å². The van der Waals surface area contributed by atoms with E-state index in [4.69, 9.17) is 0 Å². The van der Waals surface area contributed by atoms with E-state index in [0.29, 0.717) is 5.92 Å². The zero-order chi connectivity index (χ0) is 12.4. The van der Waals surface area contributed by atoms with E-state index in [1.54, 1.807) is 0 Å². The second-order valence-corrected chi connectivity index (χ2v) is 5.17. The van der Waals surface area contributed by atoms with Gasteiger partial charge in [-0.15, -0.1) is 0 Å². The summed E-state index contributed by atoms with van der Waals surface area (Å²) < 4.78 is 0. The minimum atomic E-state index is 0.550. The summed E-state index contributed by atoms with van der Waals surface area (Å²) in [7, 11) is 0. The molecule has 0 saturated heterocycles. The van der Waals surface area contributed by atoms with Crippen molar-refractivity contribution in [2.45, 2.75) is 19.8 Å². The van der Waals surface area contributed by atoms with Crippen LogP contribution in [-0.4, -0.2) is 32.0 Å². The second-order valence-electron chi connectivity index (χ2n) is 5.17. The molecule has 0 radical (unpaired) electrons. The minimum Gasteiger partial charge on any atom is -0.372 e. The first-order chi connectivity index (χ1) is 8.88. The van der Waals surface area contributed by atoms with E-state index in [1.165, 1.54) is 23.5 Å². The maximum absolute atomic E-state index is 4.61. The van der Waals surface area contributed by atoms with Gasteiger partial charge in [-0.3, -0.25) is 4.99 Å². The van der Waals surface area contributed by atoms with Crippen LogP contribution in [0.5, 0.6) is 0 Å². The highest BCUT2D eigenvalue weighted by molar-refractivity contribution is 5.87. The number of nitrogens with zero attached hydrogens (tertiary/aromatic N) is 2. The van der Waals surface area contributed by atoms with E-state index >= 15 is 0 Å². The number of benzene rings is 1. The smallest absolute Gasteiger partial charge is 0.102 e. The SMILES string of the molecule is CCCN1CC(C2=NCCN2)Cc2ccccc21. The highest BCUT2D eigenvalue weighted by atomic mass is 15.2. The van der Waals surface area contributed by atoms with Crippen molar-refractivity contribution in [1.82, 2.24) is 5.32 Å². The van der Waals surface area contributed by atoms with Crippen molar-refractivity contribution in [2.75, 3.05) is 31.1 Å². The fourth-order valence-corrected chi connectivity index (χ4v) is 3.04. The first-order valence-corrected chi connectivity index (χ1v) is 6.99. The van der Waals surface area contributed by atoms with Gasteiger partial charge < -0.3 is 10.2 Å². The molecule has 1 aromatic carbocycles. The van der Waals surface area contributed by atoms with Crippen molar-refractivity contribution in [3.63, 3.8) is 0 Å². The van der Waals surface area contributed by atoms with E-state index in [-0.39, 0.29) is 0 Å². The lowest BCUT2D eigenvalue weighted by Gasteiger charge is -2.36. The summed E-state index contributed by atoms with van der Waals surface area (Å²) in [4.78, 5) is 7.13. The van der Waals surface area contributed by atoms with Crippen molar-refractivity contribution in [1.29, 1.82) is 0 Å². The highest BCUT2D eigenvalue weighted by Crippen LogP contribution is 2.30. The molecule has 0 amide bonds. The van der Waals surface area contributed by atoms with E-state index < -0.39 is 0 Å². The molecular formula is C15H21N3. The van der Waals surface area contributed by atoms with Crippen LogP contribution < -0.4 is 10.2 Å². The van der Waals surface area contributed by atoms with E-state index in [9.17, 15) is 0 Å². The third-order valence-corrected chi connectivity index (χ3v) is 3.82. The summed E-state index contributed by atoms with van der Waals surface area (Å²) in [6.45, 7) is 6.46. The van der Waals surface area contributed by atoms with Crippen LogP contribution in [0.1, 0.15) is 18.9 Å². The van der Waals surface area contributed by atoms with Gasteiger partial charge in [0.15, 0.2) is 0 Å². The van der Waals surface area contributed by atoms with Crippen molar-refractivity contribution >= 4 is 11.5 Å². The Morgan fingerprint density at radius 2 is 2.28 bits per heavy atom. The first-order valence-electron chi connectivity index (χ1n) is 6.99. The number of amidine groups is 1. The molecule has 18 heavy (non-hydrogen) atoms. The average molecular weight is 243 g/mol. The molecule has 0 fully saturated rings. The zero-order valence-electron chi connectivity index (χ0n) is 11.0. The standard InChI is InChI=1S/C15H21N3/c1-2-9-18-11-13(15-16-7-8-17-15)10-12-5-3-4-6-14(12)18/h3-6,13H,2,7-11H2,1H3,(H,16,17). The molecule has 1 unspecified atom stereocenters. The molecular weight excluding hydrogens is 222 g/mol. The highest BCUT2D eigenvalue weighted by Gasteiger charge is 2.28. The molecule has 0 aromatic heterocycles. The van der Waals surface area contributed by atoms with Crippen LogP contribution in [0.25, 0.3) is 0 Å². The first kappa shape index (κ1) is 11.6. The number of anilines is 1. The van der Waals surface area contributed by atoms with Gasteiger partial charge >= 0.3 is 0 Å². The summed E-state index contributed by atoms with van der Waals surface area (Å²) in [6, 6.07) is 8.81. The third kappa shape index (κ3) is 2.09. The number of nitrogens with one attached hydrogen (secondary N) is 1. The maximum Gasteiger partial charge on any atom is 0.102 e. The molecule has 2 aliphatic rings. The van der Waals surface area contributed by atoms with Gasteiger partial charge in [0.1, 0.15) is 5.84 Å².